The van der Waals surface area contributed by atoms with E-state index in [-0.39, 0.29) is 32.3 Å². The van der Waals surface area contributed by atoms with E-state index in [0.29, 0.717) is 4.90 Å². The molecule has 0 aliphatic carbocycles. The van der Waals surface area contributed by atoms with Crippen LogP contribution in [0.5, 0.6) is 0 Å². The fourth-order valence-electron chi connectivity index (χ4n) is 5.45. The average molecular weight is 610 g/mol. The van der Waals surface area contributed by atoms with Gasteiger partial charge in [0.2, 0.25) is 11.8 Å². The molecule has 2 aromatic heterocycles. The Kier molecular flexibility index (Phi) is 9.71. The van der Waals surface area contributed by atoms with Crippen LogP contribution in [0.3, 0.4) is 0 Å². The fourth-order valence-corrected chi connectivity index (χ4v) is 5.45. The van der Waals surface area contributed by atoms with Gasteiger partial charge in [0.25, 0.3) is 0 Å². The summed E-state index contributed by atoms with van der Waals surface area (Å²) in [6, 6.07) is 19.7. The highest BCUT2D eigenvalue weighted by Crippen LogP contribution is 2.22. The molecular formula is C34H35N5O6. The highest BCUT2D eigenvalue weighted by Gasteiger charge is 2.39. The van der Waals surface area contributed by atoms with Crippen LogP contribution in [-0.4, -0.2) is 61.9 Å². The van der Waals surface area contributed by atoms with Crippen LogP contribution >= 0.6 is 0 Å². The molecule has 0 bridgehead atoms. The number of hydrogen-bond donors (Lipinski definition) is 5. The maximum Gasteiger partial charge on any atom is 0.326 e. The number of carboxylic acid groups (broad SMARTS) is 1. The van der Waals surface area contributed by atoms with Crippen LogP contribution in [0.15, 0.2) is 91.3 Å². The summed E-state index contributed by atoms with van der Waals surface area (Å²) in [4.78, 5) is 59.8. The van der Waals surface area contributed by atoms with Crippen LogP contribution in [0.4, 0.5) is 0 Å². The fraction of sp³-hybridized carbons (Fsp3) is 0.235. The summed E-state index contributed by atoms with van der Waals surface area (Å²) in [5.74, 6) is -3.93. The third-order valence-electron chi connectivity index (χ3n) is 7.80. The second-order valence-corrected chi connectivity index (χ2v) is 10.9. The predicted octanol–water partition coefficient (Wildman–Crippen LogP) is 3.42. The lowest BCUT2D eigenvalue weighted by atomic mass is 10.00. The van der Waals surface area contributed by atoms with E-state index in [2.05, 4.69) is 9.97 Å². The third-order valence-corrected chi connectivity index (χ3v) is 7.80. The number of benzene rings is 3. The van der Waals surface area contributed by atoms with Gasteiger partial charge in [0.1, 0.15) is 12.6 Å². The zero-order valence-corrected chi connectivity index (χ0v) is 24.5. The Morgan fingerprint density at radius 3 is 1.73 bits per heavy atom. The number of aromatic nitrogens is 2. The first kappa shape index (κ1) is 31.2. The lowest BCUT2D eigenvalue weighted by molar-refractivity contribution is -0.160. The Labute approximate surface area is 259 Å². The molecular weight excluding hydrogens is 574 g/mol. The van der Waals surface area contributed by atoms with Crippen LogP contribution < -0.4 is 11.5 Å². The topological polar surface area (TPSA) is 185 Å². The molecule has 232 valence electrons. The van der Waals surface area contributed by atoms with Crippen LogP contribution in [0.25, 0.3) is 21.8 Å². The van der Waals surface area contributed by atoms with E-state index in [9.17, 15) is 24.3 Å². The second-order valence-electron chi connectivity index (χ2n) is 10.9. The van der Waals surface area contributed by atoms with Crippen LogP contribution in [0.2, 0.25) is 0 Å². The van der Waals surface area contributed by atoms with Crippen molar-refractivity contribution >= 4 is 45.6 Å². The normalized spacial score (nSPS) is 13.3. The second kappa shape index (κ2) is 14.0. The van der Waals surface area contributed by atoms with Crippen molar-refractivity contribution in [1.82, 2.24) is 14.9 Å². The molecule has 3 aromatic carbocycles. The number of aliphatic carboxylic acids is 1. The first-order valence-corrected chi connectivity index (χ1v) is 14.6. The quantitative estimate of drug-likeness (QED) is 0.126. The zero-order chi connectivity index (χ0) is 31.9. The number of H-pyrrole nitrogens is 2. The summed E-state index contributed by atoms with van der Waals surface area (Å²) in [6.07, 6.45) is 2.80. The van der Waals surface area contributed by atoms with Crippen molar-refractivity contribution in [3.63, 3.8) is 0 Å². The molecule has 0 radical (unpaired) electrons. The Hall–Kier alpha value is -5.26. The summed E-state index contributed by atoms with van der Waals surface area (Å²) in [5, 5.41) is 11.9. The number of aromatic amines is 2. The molecule has 0 saturated heterocycles. The van der Waals surface area contributed by atoms with E-state index < -0.39 is 41.9 Å². The molecule has 0 unspecified atom stereocenters. The molecule has 3 atom stereocenters. The van der Waals surface area contributed by atoms with E-state index >= 15 is 0 Å². The summed E-state index contributed by atoms with van der Waals surface area (Å²) in [7, 11) is 0. The summed E-state index contributed by atoms with van der Waals surface area (Å²) in [6.45, 7) is 0.00395. The summed E-state index contributed by atoms with van der Waals surface area (Å²) >= 11 is 0. The number of nitrogens with one attached hydrogen (secondary N) is 2. The average Bonchev–Trinajstić information content (AvgIpc) is 3.65. The van der Waals surface area contributed by atoms with Gasteiger partial charge in [-0.3, -0.25) is 19.3 Å². The molecule has 7 N–H and O–H groups in total. The molecule has 0 spiro atoms. The van der Waals surface area contributed by atoms with Gasteiger partial charge >= 0.3 is 11.9 Å². The lowest BCUT2D eigenvalue weighted by Gasteiger charge is -2.31. The van der Waals surface area contributed by atoms with Gasteiger partial charge in [-0.25, -0.2) is 4.79 Å². The van der Waals surface area contributed by atoms with Gasteiger partial charge in [-0.15, -0.1) is 0 Å². The lowest BCUT2D eigenvalue weighted by Crippen LogP contribution is -2.59. The number of rotatable bonds is 13. The van der Waals surface area contributed by atoms with Crippen LogP contribution in [0, 0.1) is 0 Å². The maximum absolute atomic E-state index is 13.9. The number of carbonyl (C=O) groups excluding carboxylic acids is 3. The molecule has 2 heterocycles. The van der Waals surface area contributed by atoms with Crippen molar-refractivity contribution in [1.29, 1.82) is 0 Å². The molecule has 5 rings (SSSR count). The number of imide groups is 1. The van der Waals surface area contributed by atoms with E-state index in [1.165, 1.54) is 0 Å². The standard InChI is InChI=1S/C34H35N5O6/c35-26(16-22-18-37-28-12-6-4-10-24(22)28)32(41)39(33(42)27(36)17-23-19-38-29-13-7-5-11-25(23)29)30(34(43)44)14-15-31(40)45-20-21-8-2-1-3-9-21/h1-13,18-19,26-27,30,37-38H,14-17,20,35-36H2,(H,43,44)/t26-,27-,30-/m0/s1. The van der Waals surface area contributed by atoms with Gasteiger partial charge in [0, 0.05) is 40.6 Å². The number of nitrogens with zero attached hydrogens (tertiary/aromatic N) is 1. The number of carbonyl (C=O) groups is 4. The summed E-state index contributed by atoms with van der Waals surface area (Å²) in [5.41, 5.74) is 16.7. The zero-order valence-electron chi connectivity index (χ0n) is 24.5. The number of amides is 2. The van der Waals surface area contributed by atoms with E-state index in [1.807, 2.05) is 54.6 Å². The predicted molar refractivity (Wildman–Crippen MR) is 169 cm³/mol. The van der Waals surface area contributed by atoms with Gasteiger partial charge in [-0.2, -0.15) is 0 Å². The Morgan fingerprint density at radius 1 is 0.733 bits per heavy atom. The van der Waals surface area contributed by atoms with E-state index in [4.69, 9.17) is 16.2 Å². The van der Waals surface area contributed by atoms with E-state index in [0.717, 1.165) is 38.5 Å². The molecule has 2 amide bonds. The minimum absolute atomic E-state index is 0.00395. The SMILES string of the molecule is N[C@@H](Cc1c[nH]c2ccccc12)C(=O)N(C(=O)[C@@H](N)Cc1c[nH]c2ccccc12)[C@@H](CCC(=O)OCc1ccccc1)C(=O)O. The van der Waals surface area contributed by atoms with Crippen molar-refractivity contribution < 1.29 is 29.0 Å². The van der Waals surface area contributed by atoms with Gasteiger partial charge in [-0.1, -0.05) is 66.7 Å². The number of hydrogen-bond acceptors (Lipinski definition) is 7. The van der Waals surface area contributed by atoms with Crippen LogP contribution in [-0.2, 0) is 43.4 Å². The number of ether oxygens (including phenoxy) is 1. The first-order valence-electron chi connectivity index (χ1n) is 14.6. The van der Waals surface area contributed by atoms with E-state index in [1.54, 1.807) is 36.7 Å². The number of para-hydroxylation sites is 2. The first-order chi connectivity index (χ1) is 21.7. The highest BCUT2D eigenvalue weighted by molar-refractivity contribution is 6.03. The molecule has 0 fully saturated rings. The van der Waals surface area contributed by atoms with Gasteiger partial charge < -0.3 is 31.3 Å². The van der Waals surface area contributed by atoms with Crippen molar-refractivity contribution in [3.8, 4) is 0 Å². The third kappa shape index (κ3) is 7.28. The van der Waals surface area contributed by atoms with Crippen LogP contribution in [0.1, 0.15) is 29.5 Å². The molecule has 11 heteroatoms. The highest BCUT2D eigenvalue weighted by atomic mass is 16.5. The molecule has 0 aliphatic heterocycles. The number of esters is 1. The number of carboxylic acids is 1. The van der Waals surface area contributed by atoms with Crippen molar-refractivity contribution in [3.05, 3.63) is 108 Å². The molecule has 11 nitrogen and oxygen atoms in total. The molecule has 5 aromatic rings. The van der Waals surface area contributed by atoms with Crippen molar-refractivity contribution in [2.75, 3.05) is 0 Å². The number of fused-ring (bicyclic) bond motifs is 2. The van der Waals surface area contributed by atoms with Crippen molar-refractivity contribution in [2.24, 2.45) is 11.5 Å². The minimum Gasteiger partial charge on any atom is -0.480 e. The monoisotopic (exact) mass is 609 g/mol. The minimum atomic E-state index is -1.70. The maximum atomic E-state index is 13.9. The Balaban J connectivity index is 1.37. The van der Waals surface area contributed by atoms with Gasteiger partial charge in [0.05, 0.1) is 12.1 Å². The Bertz CT molecular complexity index is 1720. The molecule has 0 saturated carbocycles. The number of nitrogens with two attached hydrogens (primary N) is 2. The van der Waals surface area contributed by atoms with Gasteiger partial charge in [0.15, 0.2) is 0 Å². The smallest absolute Gasteiger partial charge is 0.326 e. The van der Waals surface area contributed by atoms with Crippen molar-refractivity contribution in [2.45, 2.75) is 50.4 Å². The largest absolute Gasteiger partial charge is 0.480 e. The Morgan fingerprint density at radius 2 is 1.22 bits per heavy atom. The molecule has 0 aliphatic rings. The summed E-state index contributed by atoms with van der Waals surface area (Å²) < 4.78 is 5.30. The van der Waals surface area contributed by atoms with Gasteiger partial charge in [-0.05, 0) is 48.1 Å². The molecule has 45 heavy (non-hydrogen) atoms.